The molecule has 4 saturated carbocycles. The van der Waals surface area contributed by atoms with Gasteiger partial charge in [-0.1, -0.05) is 81.9 Å². The minimum absolute atomic E-state index is 0.00166. The quantitative estimate of drug-likeness (QED) is 0.0111. The third-order valence-electron chi connectivity index (χ3n) is 20.7. The molecule has 4 bridgehead atoms. The minimum atomic E-state index is -4.44. The van der Waals surface area contributed by atoms with Gasteiger partial charge in [-0.2, -0.15) is 5.10 Å². The lowest BCUT2D eigenvalue weighted by atomic mass is 9.39. The molecule has 2 unspecified atom stereocenters. The first-order chi connectivity index (χ1) is 49.4. The van der Waals surface area contributed by atoms with Gasteiger partial charge in [0.2, 0.25) is 17.7 Å². The third kappa shape index (κ3) is 17.7. The number of para-hydroxylation sites is 1. The number of carbonyl (C=O) groups is 9. The SMILES string of the molecule is Cc1c(-c2ccc(N3CCc4cccc(C(=O)Nc5nc6ccccc6s5)c4C3)nc2C(=O)O)cnn1CC12CC3(C)CC(C)(C1)CC(OCCN(CCCP(=O)(O)O)C(=O)OCc1ccc(N(C(N)=O)[C@@H](CCCN)C(=O)NC(=O)[C@@H](NC(=O)CCCCCN4C(=O)C=CC4=O)C(C)C)cc1)(C3)C2. The average Bonchev–Trinajstić information content (AvgIpc) is 1.07. The number of thiazole rings is 1. The summed E-state index contributed by atoms with van der Waals surface area (Å²) < 4.78 is 27.9. The summed E-state index contributed by atoms with van der Waals surface area (Å²) in [4.78, 5) is 153. The molecule has 3 aromatic carbocycles. The number of unbranched alkanes of at least 4 members (excludes halogenated alkanes) is 2. The second kappa shape index (κ2) is 31.6. The van der Waals surface area contributed by atoms with Crippen LogP contribution in [-0.4, -0.2) is 161 Å². The Morgan fingerprint density at radius 3 is 2.23 bits per heavy atom. The number of hydrogen-bond donors (Lipinski definition) is 8. The van der Waals surface area contributed by atoms with Crippen molar-refractivity contribution in [3.63, 3.8) is 0 Å². The number of imide groups is 2. The normalized spacial score (nSPS) is 20.9. The standard InChI is InChI=1S/C74H92N13O15PS/c1-46(2)62(80-59(88)19-7-6-10-31-85-60(89)26-27-61(85)90)66(93)81-65(92)56(17-12-29-75)87(68(76)96)50-22-20-48(21-23-50)38-101-70(97)83(30-13-35-103(98,99)100)33-34-102-74-42-71(4)39-72(5,43-74)41-73(40-71,44-74)45-86-47(3)53(36-77-86)51-24-25-58(79-63(51)67(94)95)84-32-28-49-14-11-15-52(54(49)37-84)64(91)82-69-78-55-16-8-9-18-57(55)104-69/h8-9,11,14-16,18,20-27,36,46,56,62H,6-7,10,12-13,17,19,28-35,37-45,75H2,1-5H3,(H2,76,96)(H,80,88)(H,94,95)(H,78,82,91)(H,81,92,93)(H2,98,99,100)/t56-,62-,71?,72?,73?,74?/m0/s1. The van der Waals surface area contributed by atoms with Crippen molar-refractivity contribution in [2.24, 2.45) is 33.6 Å². The summed E-state index contributed by atoms with van der Waals surface area (Å²) in [5.41, 5.74) is 16.3. The number of hydrogen-bond acceptors (Lipinski definition) is 18. The first-order valence-corrected chi connectivity index (χ1v) is 38.0. The van der Waals surface area contributed by atoms with Crippen LogP contribution >= 0.6 is 18.9 Å². The van der Waals surface area contributed by atoms with Gasteiger partial charge < -0.3 is 51.0 Å². The monoisotopic (exact) mass is 1470 g/mol. The Hall–Kier alpha value is -9.25. The zero-order chi connectivity index (χ0) is 74.5. The number of ether oxygens (including phenoxy) is 2. The Morgan fingerprint density at radius 1 is 0.817 bits per heavy atom. The van der Waals surface area contributed by atoms with Crippen molar-refractivity contribution in [1.82, 2.24) is 40.2 Å². The molecule has 0 spiro atoms. The van der Waals surface area contributed by atoms with Crippen LogP contribution in [0.2, 0.25) is 0 Å². The van der Waals surface area contributed by atoms with E-state index in [1.165, 1.54) is 40.5 Å². The van der Waals surface area contributed by atoms with Crippen molar-refractivity contribution in [3.05, 3.63) is 131 Å². The van der Waals surface area contributed by atoms with E-state index in [9.17, 15) is 62.6 Å². The summed E-state index contributed by atoms with van der Waals surface area (Å²) in [5, 5.41) is 24.3. The smallest absolute Gasteiger partial charge is 0.410 e. The molecule has 4 aliphatic carbocycles. The second-order valence-electron chi connectivity index (χ2n) is 29.7. The lowest BCUT2D eigenvalue weighted by Gasteiger charge is -2.69. The highest BCUT2D eigenvalue weighted by molar-refractivity contribution is 7.51. The zero-order valence-electron chi connectivity index (χ0n) is 59.3. The predicted molar refractivity (Wildman–Crippen MR) is 389 cm³/mol. The van der Waals surface area contributed by atoms with Gasteiger partial charge in [-0.25, -0.2) is 24.4 Å². The highest BCUT2D eigenvalue weighted by Crippen LogP contribution is 2.72. The van der Waals surface area contributed by atoms with Crippen LogP contribution in [0.25, 0.3) is 21.3 Å². The largest absolute Gasteiger partial charge is 0.476 e. The molecule has 30 heteroatoms. The number of carboxylic acids is 1. The van der Waals surface area contributed by atoms with Gasteiger partial charge in [0.25, 0.3) is 17.7 Å². The van der Waals surface area contributed by atoms with Crippen LogP contribution in [0.4, 0.5) is 26.2 Å². The summed E-state index contributed by atoms with van der Waals surface area (Å²) in [7, 11) is -4.44. The number of aromatic carboxylic acids is 1. The van der Waals surface area contributed by atoms with Crippen LogP contribution in [0.3, 0.4) is 0 Å². The fourth-order valence-corrected chi connectivity index (χ4v) is 18.6. The van der Waals surface area contributed by atoms with Crippen LogP contribution < -0.4 is 37.2 Å². The van der Waals surface area contributed by atoms with Gasteiger partial charge in [0, 0.05) is 85.9 Å². The van der Waals surface area contributed by atoms with Crippen LogP contribution in [0.15, 0.2) is 97.2 Å². The van der Waals surface area contributed by atoms with Crippen LogP contribution in [0.5, 0.6) is 0 Å². The molecule has 3 aromatic heterocycles. The van der Waals surface area contributed by atoms with Crippen molar-refractivity contribution < 1.29 is 72.1 Å². The molecule has 0 radical (unpaired) electrons. The highest BCUT2D eigenvalue weighted by Gasteiger charge is 2.66. The maximum atomic E-state index is 14.1. The molecule has 6 aliphatic rings. The van der Waals surface area contributed by atoms with E-state index in [-0.39, 0.29) is 110 Å². The lowest BCUT2D eigenvalue weighted by Crippen LogP contribution is -2.64. The van der Waals surface area contributed by atoms with Gasteiger partial charge in [0.05, 0.1) is 34.8 Å². The molecule has 9 amide bonds. The number of anilines is 3. The van der Waals surface area contributed by atoms with E-state index in [0.29, 0.717) is 84.9 Å². The summed E-state index contributed by atoms with van der Waals surface area (Å²) in [6, 6.07) is 19.6. The molecular weight excluding hydrogens is 1370 g/mol. The topological polar surface area (TPSA) is 395 Å². The van der Waals surface area contributed by atoms with Gasteiger partial charge in [-0.3, -0.25) is 58.4 Å². The number of amides is 9. The van der Waals surface area contributed by atoms with E-state index >= 15 is 0 Å². The minimum Gasteiger partial charge on any atom is -0.476 e. The Kier molecular flexibility index (Phi) is 23.1. The molecule has 10 N–H and O–H groups in total. The average molecular weight is 1470 g/mol. The molecule has 4 fully saturated rings. The van der Waals surface area contributed by atoms with E-state index in [4.69, 9.17) is 31.0 Å². The molecule has 4 atom stereocenters. The summed E-state index contributed by atoms with van der Waals surface area (Å²) in [6.07, 6.45) is 10.2. The number of primary amides is 1. The van der Waals surface area contributed by atoms with Crippen molar-refractivity contribution in [2.75, 3.05) is 60.6 Å². The summed E-state index contributed by atoms with van der Waals surface area (Å²) in [6.45, 7) is 11.5. The number of fused-ring (bicyclic) bond motifs is 2. The van der Waals surface area contributed by atoms with E-state index in [0.717, 1.165) is 68.9 Å². The van der Waals surface area contributed by atoms with Gasteiger partial charge in [0.15, 0.2) is 10.8 Å². The number of aromatic nitrogens is 4. The maximum Gasteiger partial charge on any atom is 0.410 e. The highest BCUT2D eigenvalue weighted by atomic mass is 32.1. The lowest BCUT2D eigenvalue weighted by molar-refractivity contribution is -0.248. The Morgan fingerprint density at radius 2 is 1.55 bits per heavy atom. The molecule has 2 aliphatic heterocycles. The van der Waals surface area contributed by atoms with Gasteiger partial charge >= 0.3 is 25.7 Å². The fourth-order valence-electron chi connectivity index (χ4n) is 17.1. The van der Waals surface area contributed by atoms with Gasteiger partial charge in [-0.15, -0.1) is 0 Å². The van der Waals surface area contributed by atoms with Gasteiger partial charge in [-0.05, 0) is 172 Å². The van der Waals surface area contributed by atoms with Gasteiger partial charge in [0.1, 0.15) is 24.5 Å². The molecule has 6 aromatic rings. The number of urea groups is 1. The number of rotatable bonds is 32. The van der Waals surface area contributed by atoms with Crippen LogP contribution in [0.1, 0.15) is 154 Å². The number of carbonyl (C=O) groups excluding carboxylic acids is 8. The van der Waals surface area contributed by atoms with E-state index < -0.39 is 73.2 Å². The van der Waals surface area contributed by atoms with Crippen molar-refractivity contribution in [3.8, 4) is 11.1 Å². The fraction of sp³-hybridized carbons (Fsp3) is 0.486. The van der Waals surface area contributed by atoms with E-state index in [1.54, 1.807) is 44.3 Å². The number of nitrogens with two attached hydrogens (primary N) is 2. The third-order valence-corrected chi connectivity index (χ3v) is 22.5. The first kappa shape index (κ1) is 75.9. The Balaban J connectivity index is 0.715. The second-order valence-corrected chi connectivity index (χ2v) is 32.5. The van der Waals surface area contributed by atoms with E-state index in [1.807, 2.05) is 59.0 Å². The van der Waals surface area contributed by atoms with Crippen molar-refractivity contribution in [2.45, 2.75) is 162 Å². The Labute approximate surface area is 606 Å². The molecular formula is C74H92N13O15PS. The molecule has 554 valence electrons. The molecule has 104 heavy (non-hydrogen) atoms. The predicted octanol–water partition coefficient (Wildman–Crippen LogP) is 8.98. The Bertz CT molecular complexity index is 4290. The number of carboxylic acid groups (broad SMARTS) is 1. The molecule has 5 heterocycles. The number of benzene rings is 3. The number of pyridine rings is 1. The number of nitrogens with zero attached hydrogens (tertiary/aromatic N) is 8. The summed E-state index contributed by atoms with van der Waals surface area (Å²) >= 11 is 1.40. The molecule has 0 saturated heterocycles. The number of nitrogens with one attached hydrogen (secondary N) is 3. The molecule has 28 nitrogen and oxygen atoms in total. The van der Waals surface area contributed by atoms with Crippen LogP contribution in [-0.2, 0) is 64.1 Å². The first-order valence-electron chi connectivity index (χ1n) is 35.4. The van der Waals surface area contributed by atoms with E-state index in [2.05, 4.69) is 34.8 Å². The van der Waals surface area contributed by atoms with Crippen molar-refractivity contribution >= 4 is 99.3 Å². The summed E-state index contributed by atoms with van der Waals surface area (Å²) in [5.74, 6) is -4.36. The molecule has 12 rings (SSSR count). The zero-order valence-corrected chi connectivity index (χ0v) is 61.0. The van der Waals surface area contributed by atoms with Crippen LogP contribution in [0, 0.1) is 29.1 Å². The maximum absolute atomic E-state index is 14.1. The van der Waals surface area contributed by atoms with Crippen molar-refractivity contribution in [1.29, 1.82) is 0 Å².